The van der Waals surface area contributed by atoms with Gasteiger partial charge in [-0.1, -0.05) is 13.8 Å². The molecule has 1 N–H and O–H groups in total. The zero-order chi connectivity index (χ0) is 14.1. The van der Waals surface area contributed by atoms with Crippen LogP contribution in [-0.2, 0) is 11.3 Å². The quantitative estimate of drug-likeness (QED) is 0.557. The maximum atomic E-state index is 12.1. The lowest BCUT2D eigenvalue weighted by Gasteiger charge is -2.10. The molecule has 0 aliphatic heterocycles. The SMILES string of the molecule is CC(C)Cn1ccnc(NCCCOCCCl)c1=O. The van der Waals surface area contributed by atoms with Crippen LogP contribution in [0.2, 0.25) is 0 Å². The first kappa shape index (κ1) is 16.0. The Labute approximate surface area is 118 Å². The van der Waals surface area contributed by atoms with Crippen molar-refractivity contribution in [1.29, 1.82) is 0 Å². The van der Waals surface area contributed by atoms with Gasteiger partial charge in [0.1, 0.15) is 0 Å². The first-order valence-electron chi connectivity index (χ1n) is 6.58. The molecular weight excluding hydrogens is 266 g/mol. The molecule has 0 spiro atoms. The third kappa shape index (κ3) is 6.07. The van der Waals surface area contributed by atoms with Crippen LogP contribution in [0.3, 0.4) is 0 Å². The molecule has 0 aliphatic carbocycles. The molecule has 6 heteroatoms. The summed E-state index contributed by atoms with van der Waals surface area (Å²) in [5.41, 5.74) is -0.0714. The maximum absolute atomic E-state index is 12.1. The molecule has 0 saturated carbocycles. The summed E-state index contributed by atoms with van der Waals surface area (Å²) < 4.78 is 6.94. The number of halogens is 1. The summed E-state index contributed by atoms with van der Waals surface area (Å²) in [5.74, 6) is 1.34. The second-order valence-corrected chi connectivity index (χ2v) is 5.09. The van der Waals surface area contributed by atoms with Crippen molar-refractivity contribution in [3.8, 4) is 0 Å². The molecule has 0 radical (unpaired) electrons. The molecule has 0 unspecified atom stereocenters. The molecule has 1 rings (SSSR count). The second kappa shape index (κ2) is 8.93. The fourth-order valence-corrected chi connectivity index (χ4v) is 1.75. The van der Waals surface area contributed by atoms with Crippen molar-refractivity contribution >= 4 is 17.4 Å². The lowest BCUT2D eigenvalue weighted by molar-refractivity contribution is 0.149. The summed E-state index contributed by atoms with van der Waals surface area (Å²) in [7, 11) is 0. The topological polar surface area (TPSA) is 56.1 Å². The molecule has 1 aromatic rings. The number of hydrogen-bond donors (Lipinski definition) is 1. The van der Waals surface area contributed by atoms with E-state index < -0.39 is 0 Å². The number of nitrogens with zero attached hydrogens (tertiary/aromatic N) is 2. The molecule has 19 heavy (non-hydrogen) atoms. The lowest BCUT2D eigenvalue weighted by Crippen LogP contribution is -2.26. The van der Waals surface area contributed by atoms with Gasteiger partial charge in [0.15, 0.2) is 5.82 Å². The minimum absolute atomic E-state index is 0.0714. The van der Waals surface area contributed by atoms with Gasteiger partial charge in [-0.3, -0.25) is 4.79 Å². The molecule has 0 bridgehead atoms. The second-order valence-electron chi connectivity index (χ2n) is 4.71. The molecule has 0 amide bonds. The number of rotatable bonds is 9. The monoisotopic (exact) mass is 287 g/mol. The molecule has 0 aromatic carbocycles. The van der Waals surface area contributed by atoms with Gasteiger partial charge in [0.25, 0.3) is 5.56 Å². The largest absolute Gasteiger partial charge is 0.380 e. The summed E-state index contributed by atoms with van der Waals surface area (Å²) >= 11 is 5.50. The zero-order valence-electron chi connectivity index (χ0n) is 11.6. The van der Waals surface area contributed by atoms with E-state index in [1.165, 1.54) is 0 Å². The van der Waals surface area contributed by atoms with Crippen molar-refractivity contribution < 1.29 is 4.74 Å². The van der Waals surface area contributed by atoms with Crippen molar-refractivity contribution in [2.45, 2.75) is 26.8 Å². The van der Waals surface area contributed by atoms with Crippen LogP contribution in [0.15, 0.2) is 17.2 Å². The zero-order valence-corrected chi connectivity index (χ0v) is 12.3. The van der Waals surface area contributed by atoms with Crippen molar-refractivity contribution in [3.05, 3.63) is 22.7 Å². The van der Waals surface area contributed by atoms with Gasteiger partial charge < -0.3 is 14.6 Å². The van der Waals surface area contributed by atoms with E-state index in [9.17, 15) is 4.79 Å². The summed E-state index contributed by atoms with van der Waals surface area (Å²) in [6, 6.07) is 0. The summed E-state index contributed by atoms with van der Waals surface area (Å²) in [5, 5.41) is 3.05. The van der Waals surface area contributed by atoms with E-state index in [1.54, 1.807) is 17.0 Å². The highest BCUT2D eigenvalue weighted by molar-refractivity contribution is 6.17. The van der Waals surface area contributed by atoms with Gasteiger partial charge in [0, 0.05) is 38.0 Å². The van der Waals surface area contributed by atoms with E-state index in [2.05, 4.69) is 24.1 Å². The first-order valence-corrected chi connectivity index (χ1v) is 7.11. The van der Waals surface area contributed by atoms with Crippen LogP contribution in [-0.4, -0.2) is 35.2 Å². The standard InChI is InChI=1S/C13H22ClN3O2/c1-11(2)10-17-7-6-16-12(13(17)18)15-5-3-8-19-9-4-14/h6-7,11H,3-5,8-10H2,1-2H3,(H,15,16). The fourth-order valence-electron chi connectivity index (χ4n) is 1.64. The molecule has 108 valence electrons. The van der Waals surface area contributed by atoms with Crippen molar-refractivity contribution in [3.63, 3.8) is 0 Å². The molecule has 0 saturated heterocycles. The third-order valence-corrected chi connectivity index (χ3v) is 2.61. The van der Waals surface area contributed by atoms with Gasteiger partial charge in [-0.15, -0.1) is 11.6 Å². The van der Waals surface area contributed by atoms with Crippen molar-refractivity contribution in [1.82, 2.24) is 9.55 Å². The number of alkyl halides is 1. The predicted molar refractivity (Wildman–Crippen MR) is 78.0 cm³/mol. The summed E-state index contributed by atoms with van der Waals surface area (Å²) in [6.45, 7) is 6.71. The highest BCUT2D eigenvalue weighted by Gasteiger charge is 2.05. The average molecular weight is 288 g/mol. The number of aromatic nitrogens is 2. The van der Waals surface area contributed by atoms with Crippen LogP contribution in [0, 0.1) is 5.92 Å². The van der Waals surface area contributed by atoms with Crippen LogP contribution in [0.4, 0.5) is 5.82 Å². The molecule has 0 atom stereocenters. The van der Waals surface area contributed by atoms with Gasteiger partial charge in [-0.25, -0.2) is 4.98 Å². The van der Waals surface area contributed by atoms with Gasteiger partial charge >= 0.3 is 0 Å². The molecule has 5 nitrogen and oxygen atoms in total. The van der Waals surface area contributed by atoms with E-state index in [0.717, 1.165) is 6.42 Å². The fraction of sp³-hybridized carbons (Fsp3) is 0.692. The highest BCUT2D eigenvalue weighted by Crippen LogP contribution is 1.98. The number of ether oxygens (including phenoxy) is 1. The smallest absolute Gasteiger partial charge is 0.293 e. The van der Waals surface area contributed by atoms with Crippen LogP contribution in [0.25, 0.3) is 0 Å². The van der Waals surface area contributed by atoms with Crippen molar-refractivity contribution in [2.24, 2.45) is 5.92 Å². The normalized spacial score (nSPS) is 10.9. The van der Waals surface area contributed by atoms with Crippen LogP contribution in [0.1, 0.15) is 20.3 Å². The molecule has 0 fully saturated rings. The highest BCUT2D eigenvalue weighted by atomic mass is 35.5. The number of anilines is 1. The third-order valence-electron chi connectivity index (χ3n) is 2.45. The van der Waals surface area contributed by atoms with Gasteiger partial charge in [0.2, 0.25) is 0 Å². The first-order chi connectivity index (χ1) is 9.15. The van der Waals surface area contributed by atoms with E-state index in [1.807, 2.05) is 0 Å². The Morgan fingerprint density at radius 1 is 1.47 bits per heavy atom. The lowest BCUT2D eigenvalue weighted by atomic mass is 10.2. The van der Waals surface area contributed by atoms with Gasteiger partial charge in [-0.05, 0) is 12.3 Å². The Morgan fingerprint density at radius 2 is 2.26 bits per heavy atom. The Bertz CT molecular complexity index is 421. The Kier molecular flexibility index (Phi) is 7.52. The Hall–Kier alpha value is -1.07. The Morgan fingerprint density at radius 3 is 2.95 bits per heavy atom. The van der Waals surface area contributed by atoms with Gasteiger partial charge in [0.05, 0.1) is 6.61 Å². The maximum Gasteiger partial charge on any atom is 0.293 e. The molecule has 1 heterocycles. The number of nitrogens with one attached hydrogen (secondary N) is 1. The minimum Gasteiger partial charge on any atom is -0.380 e. The van der Waals surface area contributed by atoms with Gasteiger partial charge in [-0.2, -0.15) is 0 Å². The minimum atomic E-state index is -0.0714. The van der Waals surface area contributed by atoms with Crippen LogP contribution in [0.5, 0.6) is 0 Å². The van der Waals surface area contributed by atoms with Crippen LogP contribution >= 0.6 is 11.6 Å². The predicted octanol–water partition coefficient (Wildman–Crippen LogP) is 1.96. The Balaban J connectivity index is 2.43. The molecule has 0 aliphatic rings. The van der Waals surface area contributed by atoms with E-state index in [4.69, 9.17) is 16.3 Å². The van der Waals surface area contributed by atoms with Crippen LogP contribution < -0.4 is 10.9 Å². The van der Waals surface area contributed by atoms with E-state index in [0.29, 0.717) is 43.9 Å². The van der Waals surface area contributed by atoms with E-state index in [-0.39, 0.29) is 5.56 Å². The van der Waals surface area contributed by atoms with Crippen molar-refractivity contribution in [2.75, 3.05) is 31.0 Å². The summed E-state index contributed by atoms with van der Waals surface area (Å²) in [6.07, 6.45) is 4.18. The summed E-state index contributed by atoms with van der Waals surface area (Å²) in [4.78, 5) is 16.1. The molecule has 1 aromatic heterocycles. The molecular formula is C13H22ClN3O2. The average Bonchev–Trinajstić information content (AvgIpc) is 2.37. The van der Waals surface area contributed by atoms with E-state index >= 15 is 0 Å². The number of hydrogen-bond acceptors (Lipinski definition) is 4.